The van der Waals surface area contributed by atoms with Crippen LogP contribution >= 0.6 is 0 Å². The fraction of sp³-hybridized carbons (Fsp3) is 0. The molecule has 48 valence electrons. The summed E-state index contributed by atoms with van der Waals surface area (Å²) in [5, 5.41) is 0. The second-order valence-corrected chi connectivity index (χ2v) is 5.05. The molecule has 1 fully saturated rings. The summed E-state index contributed by atoms with van der Waals surface area (Å²) in [5.74, 6) is 0. The van der Waals surface area contributed by atoms with Crippen molar-refractivity contribution in [3.63, 3.8) is 0 Å². The van der Waals surface area contributed by atoms with Crippen LogP contribution in [0.2, 0.25) is 0 Å². The van der Waals surface area contributed by atoms with E-state index in [-0.39, 0.29) is 29.6 Å². The summed E-state index contributed by atoms with van der Waals surface area (Å²) < 4.78 is 7.36. The quantitative estimate of drug-likeness (QED) is 0.319. The molecule has 9 heteroatoms. The Labute approximate surface area is 74.9 Å². The first kappa shape index (κ1) is 10.2. The van der Waals surface area contributed by atoms with Gasteiger partial charge in [-0.1, -0.05) is 0 Å². The second-order valence-electron chi connectivity index (χ2n) is 1.28. The fourth-order valence-electron chi connectivity index (χ4n) is 0.344. The maximum Gasteiger partial charge on any atom is 1.00 e. The van der Waals surface area contributed by atoms with Crippen molar-refractivity contribution >= 4 is 18.1 Å². The molecule has 1 aliphatic rings. The molecular formula is H3NaO6Si2. The minimum atomic E-state index is -4.27. The molecule has 0 aromatic heterocycles. The van der Waals surface area contributed by atoms with Gasteiger partial charge in [-0.05, 0) is 0 Å². The molecule has 1 saturated heterocycles. The van der Waals surface area contributed by atoms with E-state index in [1.54, 1.807) is 0 Å². The summed E-state index contributed by atoms with van der Waals surface area (Å²) in [6.45, 7) is 0. The van der Waals surface area contributed by atoms with Gasteiger partial charge in [0.15, 0.2) is 0 Å². The number of rotatable bonds is 0. The molecule has 1 aliphatic heterocycles. The summed E-state index contributed by atoms with van der Waals surface area (Å²) in [6.07, 6.45) is 0. The molecule has 0 bridgehead atoms. The smallest absolute Gasteiger partial charge is 0.794 e. The van der Waals surface area contributed by atoms with E-state index in [0.29, 0.717) is 0 Å². The van der Waals surface area contributed by atoms with Crippen LogP contribution in [0.4, 0.5) is 0 Å². The molecule has 0 amide bonds. The van der Waals surface area contributed by atoms with Crippen LogP contribution in [0, 0.1) is 0 Å². The Morgan fingerprint density at radius 1 is 1.11 bits per heavy atom. The van der Waals surface area contributed by atoms with Crippen molar-refractivity contribution in [3.05, 3.63) is 0 Å². The van der Waals surface area contributed by atoms with Crippen molar-refractivity contribution < 1.29 is 57.0 Å². The third kappa shape index (κ3) is 2.73. The zero-order valence-electron chi connectivity index (χ0n) is 4.57. The molecular weight excluding hydrogens is 175 g/mol. The second kappa shape index (κ2) is 2.67. The van der Waals surface area contributed by atoms with Crippen molar-refractivity contribution in [2.45, 2.75) is 0 Å². The standard InChI is InChI=1S/Na.H3O6Si2/c;1-7(2)5-8(3,4)6-7/h;1-3H/q+1;-1. The van der Waals surface area contributed by atoms with Crippen molar-refractivity contribution in [1.29, 1.82) is 0 Å². The third-order valence-corrected chi connectivity index (χ3v) is 4.71. The van der Waals surface area contributed by atoms with Crippen LogP contribution in [0.25, 0.3) is 0 Å². The molecule has 0 spiro atoms. The molecule has 0 unspecified atom stereocenters. The molecule has 1 heterocycles. The van der Waals surface area contributed by atoms with Crippen molar-refractivity contribution in [1.82, 2.24) is 0 Å². The van der Waals surface area contributed by atoms with Crippen LogP contribution in [0.15, 0.2) is 0 Å². The summed E-state index contributed by atoms with van der Waals surface area (Å²) >= 11 is 0. The maximum absolute atomic E-state index is 9.94. The van der Waals surface area contributed by atoms with Gasteiger partial charge in [-0.3, -0.25) is 0 Å². The average Bonchev–Trinajstić information content (AvgIpc) is 1.20. The van der Waals surface area contributed by atoms with Crippen LogP contribution in [-0.2, 0) is 8.23 Å². The Kier molecular flexibility index (Phi) is 3.03. The zero-order valence-corrected chi connectivity index (χ0v) is 8.57. The van der Waals surface area contributed by atoms with Crippen molar-refractivity contribution in [2.24, 2.45) is 0 Å². The SMILES string of the molecule is [Na+].[O-][Si]1(O)O[Si](O)(O)O1. The van der Waals surface area contributed by atoms with Crippen LogP contribution in [0.1, 0.15) is 0 Å². The number of hydrogen-bond donors (Lipinski definition) is 3. The minimum absolute atomic E-state index is 0. The third-order valence-electron chi connectivity index (χ3n) is 0.524. The van der Waals surface area contributed by atoms with E-state index in [4.69, 9.17) is 14.4 Å². The monoisotopic (exact) mass is 178 g/mol. The number of hydrogen-bond acceptors (Lipinski definition) is 6. The molecule has 0 aromatic rings. The Morgan fingerprint density at radius 2 is 1.44 bits per heavy atom. The Bertz CT molecular complexity index is 87.6. The van der Waals surface area contributed by atoms with Gasteiger partial charge in [0.05, 0.1) is 0 Å². The van der Waals surface area contributed by atoms with Crippen LogP contribution in [0.3, 0.4) is 0 Å². The Hall–Kier alpha value is 1.19. The van der Waals surface area contributed by atoms with Crippen molar-refractivity contribution in [2.75, 3.05) is 0 Å². The summed E-state index contributed by atoms with van der Waals surface area (Å²) in [4.78, 5) is 34.4. The molecule has 0 atom stereocenters. The summed E-state index contributed by atoms with van der Waals surface area (Å²) in [5.41, 5.74) is 0. The van der Waals surface area contributed by atoms with Gasteiger partial charge < -0.3 is 27.4 Å². The van der Waals surface area contributed by atoms with Crippen LogP contribution in [0.5, 0.6) is 0 Å². The molecule has 0 aromatic carbocycles. The topological polar surface area (TPSA) is 102 Å². The molecule has 6 nitrogen and oxygen atoms in total. The van der Waals surface area contributed by atoms with Gasteiger partial charge in [0.1, 0.15) is 0 Å². The largest absolute Gasteiger partial charge is 1.00 e. The predicted octanol–water partition coefficient (Wildman–Crippen LogP) is -6.75. The van der Waals surface area contributed by atoms with Gasteiger partial charge in [-0.15, -0.1) is 0 Å². The van der Waals surface area contributed by atoms with Gasteiger partial charge >= 0.3 is 47.7 Å². The van der Waals surface area contributed by atoms with E-state index in [2.05, 4.69) is 8.23 Å². The van der Waals surface area contributed by atoms with Crippen LogP contribution in [-0.4, -0.2) is 32.5 Å². The first-order valence-electron chi connectivity index (χ1n) is 1.69. The van der Waals surface area contributed by atoms with E-state index in [1.807, 2.05) is 0 Å². The van der Waals surface area contributed by atoms with E-state index in [1.165, 1.54) is 0 Å². The Balaban J connectivity index is 0.000000640. The molecule has 0 radical (unpaired) electrons. The maximum atomic E-state index is 9.94. The molecule has 1 rings (SSSR count). The Morgan fingerprint density at radius 3 is 1.44 bits per heavy atom. The van der Waals surface area contributed by atoms with Gasteiger partial charge in [0.25, 0.3) is 0 Å². The summed E-state index contributed by atoms with van der Waals surface area (Å²) in [6, 6.07) is 0. The van der Waals surface area contributed by atoms with E-state index in [9.17, 15) is 4.80 Å². The predicted molar refractivity (Wildman–Crippen MR) is 20.3 cm³/mol. The molecule has 0 aliphatic carbocycles. The molecule has 3 N–H and O–H groups in total. The van der Waals surface area contributed by atoms with Crippen LogP contribution < -0.4 is 34.4 Å². The fourth-order valence-corrected chi connectivity index (χ4v) is 3.09. The van der Waals surface area contributed by atoms with Gasteiger partial charge in [0.2, 0.25) is 0 Å². The minimum Gasteiger partial charge on any atom is -0.794 e. The first-order chi connectivity index (χ1) is 3.41. The average molecular weight is 178 g/mol. The van der Waals surface area contributed by atoms with Gasteiger partial charge in [0, 0.05) is 0 Å². The zero-order chi connectivity index (χ0) is 6.41. The molecule has 0 saturated carbocycles. The normalized spacial score (nSPS) is 28.0. The molecule has 9 heavy (non-hydrogen) atoms. The van der Waals surface area contributed by atoms with Gasteiger partial charge in [-0.25, -0.2) is 0 Å². The summed E-state index contributed by atoms with van der Waals surface area (Å²) in [7, 11) is -8.36. The van der Waals surface area contributed by atoms with Gasteiger partial charge in [-0.2, -0.15) is 0 Å². The van der Waals surface area contributed by atoms with E-state index >= 15 is 0 Å². The van der Waals surface area contributed by atoms with E-state index < -0.39 is 18.1 Å². The van der Waals surface area contributed by atoms with Crippen molar-refractivity contribution in [3.8, 4) is 0 Å². The van der Waals surface area contributed by atoms with E-state index in [0.717, 1.165) is 0 Å². The first-order valence-corrected chi connectivity index (χ1v) is 5.07.